The number of hydrogen-bond acceptors (Lipinski definition) is 2. The van der Waals surface area contributed by atoms with Crippen LogP contribution in [0.2, 0.25) is 0 Å². The molecule has 0 aromatic heterocycles. The first-order valence-corrected chi connectivity index (χ1v) is 6.86. The lowest BCUT2D eigenvalue weighted by atomic mass is 9.79. The van der Waals surface area contributed by atoms with E-state index in [2.05, 4.69) is 19.2 Å². The molecule has 4 nitrogen and oxygen atoms in total. The molecule has 0 aliphatic heterocycles. The molecular formula is C14H25NO3. The van der Waals surface area contributed by atoms with Gasteiger partial charge in [0.2, 0.25) is 5.91 Å². The summed E-state index contributed by atoms with van der Waals surface area (Å²) in [5, 5.41) is 12.0. The van der Waals surface area contributed by atoms with Crippen LogP contribution in [0.4, 0.5) is 0 Å². The monoisotopic (exact) mass is 255 g/mol. The maximum Gasteiger partial charge on any atom is 0.303 e. The summed E-state index contributed by atoms with van der Waals surface area (Å²) in [5.74, 6) is -0.395. The van der Waals surface area contributed by atoms with Crippen molar-refractivity contribution < 1.29 is 14.7 Å². The van der Waals surface area contributed by atoms with Crippen molar-refractivity contribution in [1.29, 1.82) is 0 Å². The molecule has 0 aromatic rings. The Labute approximate surface area is 109 Å². The van der Waals surface area contributed by atoms with Gasteiger partial charge in [-0.1, -0.05) is 26.7 Å². The van der Waals surface area contributed by atoms with Crippen molar-refractivity contribution in [3.63, 3.8) is 0 Å². The van der Waals surface area contributed by atoms with Crippen LogP contribution in [-0.4, -0.2) is 23.0 Å². The van der Waals surface area contributed by atoms with Gasteiger partial charge < -0.3 is 10.4 Å². The second-order valence-corrected chi connectivity index (χ2v) is 6.05. The standard InChI is InChI=1S/C14H25NO3/c1-10(2)11(3)15-12(16)8-14(9-13(17)18)6-4-5-7-14/h10-11H,4-9H2,1-3H3,(H,15,16)(H,17,18). The number of amides is 1. The van der Waals surface area contributed by atoms with Crippen molar-refractivity contribution in [2.24, 2.45) is 11.3 Å². The Morgan fingerprint density at radius 1 is 1.17 bits per heavy atom. The molecule has 1 atom stereocenters. The van der Waals surface area contributed by atoms with Gasteiger partial charge in [-0.3, -0.25) is 9.59 Å². The average molecular weight is 255 g/mol. The van der Waals surface area contributed by atoms with Crippen molar-refractivity contribution in [3.8, 4) is 0 Å². The number of carbonyl (C=O) groups excluding carboxylic acids is 1. The molecule has 2 N–H and O–H groups in total. The third kappa shape index (κ3) is 4.31. The molecule has 1 saturated carbocycles. The number of hydrogen-bond donors (Lipinski definition) is 2. The Morgan fingerprint density at radius 3 is 2.17 bits per heavy atom. The van der Waals surface area contributed by atoms with E-state index in [-0.39, 0.29) is 23.8 Å². The molecule has 1 unspecified atom stereocenters. The van der Waals surface area contributed by atoms with Crippen LogP contribution in [0.3, 0.4) is 0 Å². The first kappa shape index (κ1) is 15.0. The molecule has 1 rings (SSSR count). The molecular weight excluding hydrogens is 230 g/mol. The molecule has 1 aliphatic carbocycles. The fourth-order valence-corrected chi connectivity index (χ4v) is 2.67. The summed E-state index contributed by atoms with van der Waals surface area (Å²) in [7, 11) is 0. The Kier molecular flexibility index (Phi) is 5.17. The Balaban J connectivity index is 2.56. The maximum atomic E-state index is 12.0. The maximum absolute atomic E-state index is 12.0. The van der Waals surface area contributed by atoms with Crippen LogP contribution in [-0.2, 0) is 9.59 Å². The molecule has 1 aliphatic rings. The fraction of sp³-hybridized carbons (Fsp3) is 0.857. The molecule has 0 spiro atoms. The van der Waals surface area contributed by atoms with E-state index in [1.807, 2.05) is 6.92 Å². The molecule has 104 valence electrons. The summed E-state index contributed by atoms with van der Waals surface area (Å²) in [6.45, 7) is 6.11. The highest BCUT2D eigenvalue weighted by molar-refractivity contribution is 5.78. The summed E-state index contributed by atoms with van der Waals surface area (Å²) in [6, 6.07) is 0.140. The smallest absolute Gasteiger partial charge is 0.303 e. The van der Waals surface area contributed by atoms with Crippen LogP contribution < -0.4 is 5.32 Å². The van der Waals surface area contributed by atoms with E-state index in [0.717, 1.165) is 25.7 Å². The number of carboxylic acids is 1. The third-order valence-electron chi connectivity index (χ3n) is 4.11. The fourth-order valence-electron chi connectivity index (χ4n) is 2.67. The van der Waals surface area contributed by atoms with Gasteiger partial charge in [-0.15, -0.1) is 0 Å². The number of aliphatic carboxylic acids is 1. The Hall–Kier alpha value is -1.06. The van der Waals surface area contributed by atoms with E-state index in [0.29, 0.717) is 12.3 Å². The first-order chi connectivity index (χ1) is 8.34. The van der Waals surface area contributed by atoms with Crippen molar-refractivity contribution in [1.82, 2.24) is 5.32 Å². The number of rotatable bonds is 6. The van der Waals surface area contributed by atoms with Gasteiger partial charge in [0, 0.05) is 12.5 Å². The minimum Gasteiger partial charge on any atom is -0.481 e. The zero-order valence-electron chi connectivity index (χ0n) is 11.7. The molecule has 4 heteroatoms. The van der Waals surface area contributed by atoms with Gasteiger partial charge in [-0.05, 0) is 31.1 Å². The van der Waals surface area contributed by atoms with Crippen LogP contribution in [0.1, 0.15) is 59.3 Å². The topological polar surface area (TPSA) is 66.4 Å². The van der Waals surface area contributed by atoms with Gasteiger partial charge in [0.15, 0.2) is 0 Å². The molecule has 0 radical (unpaired) electrons. The Bertz CT molecular complexity index is 306. The molecule has 0 aromatic carbocycles. The van der Waals surface area contributed by atoms with Crippen molar-refractivity contribution >= 4 is 11.9 Å². The van der Waals surface area contributed by atoms with Crippen LogP contribution in [0.15, 0.2) is 0 Å². The summed E-state index contributed by atoms with van der Waals surface area (Å²) in [6.07, 6.45) is 4.29. The van der Waals surface area contributed by atoms with E-state index in [1.54, 1.807) is 0 Å². The quantitative estimate of drug-likeness (QED) is 0.766. The van der Waals surface area contributed by atoms with E-state index < -0.39 is 5.97 Å². The lowest BCUT2D eigenvalue weighted by Crippen LogP contribution is -2.39. The molecule has 0 heterocycles. The second-order valence-electron chi connectivity index (χ2n) is 6.05. The highest BCUT2D eigenvalue weighted by Crippen LogP contribution is 2.44. The van der Waals surface area contributed by atoms with Gasteiger partial charge in [0.25, 0.3) is 0 Å². The molecule has 1 amide bonds. The third-order valence-corrected chi connectivity index (χ3v) is 4.11. The molecule has 1 fully saturated rings. The van der Waals surface area contributed by atoms with Crippen molar-refractivity contribution in [2.75, 3.05) is 0 Å². The van der Waals surface area contributed by atoms with Gasteiger partial charge in [0.1, 0.15) is 0 Å². The largest absolute Gasteiger partial charge is 0.481 e. The normalized spacial score (nSPS) is 19.8. The minimum absolute atomic E-state index is 0.000602. The van der Waals surface area contributed by atoms with Gasteiger partial charge in [0.05, 0.1) is 6.42 Å². The average Bonchev–Trinajstić information content (AvgIpc) is 2.64. The lowest BCUT2D eigenvalue weighted by Gasteiger charge is -2.27. The van der Waals surface area contributed by atoms with Crippen LogP contribution in [0, 0.1) is 11.3 Å². The van der Waals surface area contributed by atoms with Gasteiger partial charge in [-0.2, -0.15) is 0 Å². The van der Waals surface area contributed by atoms with Gasteiger partial charge in [-0.25, -0.2) is 0 Å². The summed E-state index contributed by atoms with van der Waals surface area (Å²) >= 11 is 0. The van der Waals surface area contributed by atoms with E-state index in [4.69, 9.17) is 5.11 Å². The second kappa shape index (κ2) is 6.21. The number of carboxylic acid groups (broad SMARTS) is 1. The highest BCUT2D eigenvalue weighted by Gasteiger charge is 2.38. The summed E-state index contributed by atoms with van der Waals surface area (Å²) in [5.41, 5.74) is -0.299. The zero-order chi connectivity index (χ0) is 13.8. The lowest BCUT2D eigenvalue weighted by molar-refractivity contribution is -0.140. The van der Waals surface area contributed by atoms with Crippen LogP contribution >= 0.6 is 0 Å². The summed E-state index contributed by atoms with van der Waals surface area (Å²) in [4.78, 5) is 22.9. The molecule has 0 bridgehead atoms. The van der Waals surface area contributed by atoms with Crippen LogP contribution in [0.5, 0.6) is 0 Å². The van der Waals surface area contributed by atoms with Crippen LogP contribution in [0.25, 0.3) is 0 Å². The van der Waals surface area contributed by atoms with Crippen molar-refractivity contribution in [2.45, 2.75) is 65.3 Å². The van der Waals surface area contributed by atoms with Gasteiger partial charge >= 0.3 is 5.97 Å². The predicted molar refractivity (Wildman–Crippen MR) is 70.2 cm³/mol. The SMILES string of the molecule is CC(C)C(C)NC(=O)CC1(CC(=O)O)CCCC1. The predicted octanol–water partition coefficient (Wildman–Crippen LogP) is 2.57. The Morgan fingerprint density at radius 2 is 1.72 bits per heavy atom. The summed E-state index contributed by atoms with van der Waals surface area (Å²) < 4.78 is 0. The number of carbonyl (C=O) groups is 2. The molecule has 0 saturated heterocycles. The van der Waals surface area contributed by atoms with E-state index in [1.165, 1.54) is 0 Å². The minimum atomic E-state index is -0.790. The van der Waals surface area contributed by atoms with E-state index in [9.17, 15) is 9.59 Å². The van der Waals surface area contributed by atoms with Crippen molar-refractivity contribution in [3.05, 3.63) is 0 Å². The highest BCUT2D eigenvalue weighted by atomic mass is 16.4. The number of nitrogens with one attached hydrogen (secondary N) is 1. The van der Waals surface area contributed by atoms with E-state index >= 15 is 0 Å². The zero-order valence-corrected chi connectivity index (χ0v) is 11.7. The molecule has 18 heavy (non-hydrogen) atoms. The first-order valence-electron chi connectivity index (χ1n) is 6.86.